The highest BCUT2D eigenvalue weighted by atomic mass is 16.3. The number of nitrogens with two attached hydrogens (primary N) is 1. The molecule has 0 amide bonds. The van der Waals surface area contributed by atoms with E-state index in [9.17, 15) is 0 Å². The average molecular weight is 205 g/mol. The Morgan fingerprint density at radius 3 is 2.87 bits per heavy atom. The number of para-hydroxylation sites is 2. The topological polar surface area (TPSA) is 64.1 Å². The van der Waals surface area contributed by atoms with E-state index in [4.69, 9.17) is 10.8 Å². The predicted molar refractivity (Wildman–Crippen MR) is 59.3 cm³/mol. The number of aliphatic hydroxyl groups excluding tert-OH is 1. The van der Waals surface area contributed by atoms with Gasteiger partial charge in [0.2, 0.25) is 0 Å². The molecule has 0 saturated heterocycles. The van der Waals surface area contributed by atoms with Crippen molar-refractivity contribution in [3.05, 3.63) is 30.1 Å². The highest BCUT2D eigenvalue weighted by Crippen LogP contribution is 2.19. The first kappa shape index (κ1) is 10.1. The molecule has 0 fully saturated rings. The van der Waals surface area contributed by atoms with E-state index in [1.54, 1.807) is 0 Å². The molecule has 1 atom stereocenters. The van der Waals surface area contributed by atoms with Crippen molar-refractivity contribution in [2.75, 3.05) is 6.61 Å². The first-order valence-electron chi connectivity index (χ1n) is 5.02. The Hall–Kier alpha value is -1.39. The van der Waals surface area contributed by atoms with Gasteiger partial charge in [0.15, 0.2) is 0 Å². The molecule has 1 unspecified atom stereocenters. The van der Waals surface area contributed by atoms with Gasteiger partial charge < -0.3 is 15.4 Å². The highest BCUT2D eigenvalue weighted by molar-refractivity contribution is 5.75. The van der Waals surface area contributed by atoms with Crippen LogP contribution in [0.1, 0.15) is 18.3 Å². The summed E-state index contributed by atoms with van der Waals surface area (Å²) in [5, 5.41) is 8.85. The molecule has 0 aliphatic rings. The van der Waals surface area contributed by atoms with E-state index in [1.807, 2.05) is 35.9 Å². The lowest BCUT2D eigenvalue weighted by atomic mass is 10.2. The van der Waals surface area contributed by atoms with Crippen molar-refractivity contribution in [3.63, 3.8) is 0 Å². The van der Waals surface area contributed by atoms with Gasteiger partial charge in [-0.2, -0.15) is 0 Å². The molecule has 0 aliphatic carbocycles. The van der Waals surface area contributed by atoms with Gasteiger partial charge in [-0.1, -0.05) is 12.1 Å². The quantitative estimate of drug-likeness (QED) is 0.784. The number of hydrogen-bond donors (Lipinski definition) is 2. The highest BCUT2D eigenvalue weighted by Gasteiger charge is 2.13. The van der Waals surface area contributed by atoms with Crippen LogP contribution in [0.5, 0.6) is 0 Å². The zero-order valence-electron chi connectivity index (χ0n) is 8.72. The molecule has 1 aromatic heterocycles. The molecule has 2 aromatic rings. The smallest absolute Gasteiger partial charge is 0.126 e. The summed E-state index contributed by atoms with van der Waals surface area (Å²) >= 11 is 0. The van der Waals surface area contributed by atoms with E-state index < -0.39 is 0 Å². The van der Waals surface area contributed by atoms with Crippen LogP contribution in [-0.4, -0.2) is 21.3 Å². The SMILES string of the molecule is Cn1c(C(N)CCO)nc2ccccc21. The lowest BCUT2D eigenvalue weighted by Gasteiger charge is -2.09. The molecule has 0 spiro atoms. The monoisotopic (exact) mass is 205 g/mol. The predicted octanol–water partition coefficient (Wildman–Crippen LogP) is 0.956. The number of nitrogens with zero attached hydrogens (tertiary/aromatic N) is 2. The Balaban J connectivity index is 2.48. The van der Waals surface area contributed by atoms with Crippen LogP contribution in [0, 0.1) is 0 Å². The molecule has 4 nitrogen and oxygen atoms in total. The largest absolute Gasteiger partial charge is 0.396 e. The summed E-state index contributed by atoms with van der Waals surface area (Å²) in [4.78, 5) is 4.46. The maximum absolute atomic E-state index is 8.85. The van der Waals surface area contributed by atoms with Crippen LogP contribution in [0.25, 0.3) is 11.0 Å². The maximum Gasteiger partial charge on any atom is 0.126 e. The van der Waals surface area contributed by atoms with E-state index >= 15 is 0 Å². The van der Waals surface area contributed by atoms with Crippen molar-refractivity contribution < 1.29 is 5.11 Å². The number of aliphatic hydroxyl groups is 1. The molecular formula is C11H15N3O. The molecule has 0 aliphatic heterocycles. The van der Waals surface area contributed by atoms with Crippen LogP contribution in [-0.2, 0) is 7.05 Å². The van der Waals surface area contributed by atoms with Crippen LogP contribution < -0.4 is 5.73 Å². The summed E-state index contributed by atoms with van der Waals surface area (Å²) < 4.78 is 1.98. The zero-order valence-corrected chi connectivity index (χ0v) is 8.72. The second-order valence-corrected chi connectivity index (χ2v) is 3.64. The normalized spacial score (nSPS) is 13.3. The minimum absolute atomic E-state index is 0.0877. The van der Waals surface area contributed by atoms with Crippen LogP contribution in [0.15, 0.2) is 24.3 Å². The zero-order chi connectivity index (χ0) is 10.8. The van der Waals surface area contributed by atoms with E-state index in [1.165, 1.54) is 0 Å². The molecule has 80 valence electrons. The number of fused-ring (bicyclic) bond motifs is 1. The lowest BCUT2D eigenvalue weighted by molar-refractivity contribution is 0.274. The maximum atomic E-state index is 8.85. The summed E-state index contributed by atoms with van der Waals surface area (Å²) in [5.74, 6) is 0.824. The van der Waals surface area contributed by atoms with Gasteiger partial charge in [-0.25, -0.2) is 4.98 Å². The van der Waals surface area contributed by atoms with E-state index in [-0.39, 0.29) is 12.6 Å². The minimum Gasteiger partial charge on any atom is -0.396 e. The van der Waals surface area contributed by atoms with Crippen LogP contribution >= 0.6 is 0 Å². The van der Waals surface area contributed by atoms with Crippen molar-refractivity contribution in [1.82, 2.24) is 9.55 Å². The summed E-state index contributed by atoms with van der Waals surface area (Å²) in [7, 11) is 1.95. The Labute approximate surface area is 88.3 Å². The molecule has 0 radical (unpaired) electrons. The summed E-state index contributed by atoms with van der Waals surface area (Å²) in [6.07, 6.45) is 0.539. The standard InChI is InChI=1S/C11H15N3O/c1-14-10-5-3-2-4-9(10)13-11(14)8(12)6-7-15/h2-5,8,15H,6-7,12H2,1H3. The second kappa shape index (κ2) is 4.00. The molecule has 0 saturated carbocycles. The fraction of sp³-hybridized carbons (Fsp3) is 0.364. The van der Waals surface area contributed by atoms with Crippen molar-refractivity contribution in [1.29, 1.82) is 0 Å². The Bertz CT molecular complexity index is 464. The lowest BCUT2D eigenvalue weighted by Crippen LogP contribution is -2.16. The van der Waals surface area contributed by atoms with Crippen molar-refractivity contribution in [3.8, 4) is 0 Å². The van der Waals surface area contributed by atoms with E-state index in [0.717, 1.165) is 16.9 Å². The molecule has 1 aromatic carbocycles. The molecule has 3 N–H and O–H groups in total. The van der Waals surface area contributed by atoms with Gasteiger partial charge in [-0.3, -0.25) is 0 Å². The minimum atomic E-state index is -0.201. The van der Waals surface area contributed by atoms with Gasteiger partial charge in [-0.15, -0.1) is 0 Å². The van der Waals surface area contributed by atoms with E-state index in [0.29, 0.717) is 6.42 Å². The Morgan fingerprint density at radius 1 is 1.47 bits per heavy atom. The number of aromatic nitrogens is 2. The molecular weight excluding hydrogens is 190 g/mol. The molecule has 4 heteroatoms. The van der Waals surface area contributed by atoms with Crippen molar-refractivity contribution in [2.45, 2.75) is 12.5 Å². The van der Waals surface area contributed by atoms with Crippen molar-refractivity contribution in [2.24, 2.45) is 12.8 Å². The van der Waals surface area contributed by atoms with Crippen molar-refractivity contribution >= 4 is 11.0 Å². The van der Waals surface area contributed by atoms with Gasteiger partial charge in [0, 0.05) is 13.7 Å². The third kappa shape index (κ3) is 1.73. The van der Waals surface area contributed by atoms with Gasteiger partial charge in [-0.05, 0) is 18.6 Å². The van der Waals surface area contributed by atoms with Gasteiger partial charge >= 0.3 is 0 Å². The van der Waals surface area contributed by atoms with Gasteiger partial charge in [0.25, 0.3) is 0 Å². The van der Waals surface area contributed by atoms with Crippen LogP contribution in [0.2, 0.25) is 0 Å². The molecule has 1 heterocycles. The van der Waals surface area contributed by atoms with Gasteiger partial charge in [0.05, 0.1) is 17.1 Å². The number of rotatable bonds is 3. The molecule has 15 heavy (non-hydrogen) atoms. The Morgan fingerprint density at radius 2 is 2.20 bits per heavy atom. The number of imidazole rings is 1. The first-order chi connectivity index (χ1) is 7.24. The summed E-state index contributed by atoms with van der Waals surface area (Å²) in [5.41, 5.74) is 7.94. The number of hydrogen-bond acceptors (Lipinski definition) is 3. The van der Waals surface area contributed by atoms with Crippen LogP contribution in [0.3, 0.4) is 0 Å². The van der Waals surface area contributed by atoms with Gasteiger partial charge in [0.1, 0.15) is 5.82 Å². The van der Waals surface area contributed by atoms with Crippen LogP contribution in [0.4, 0.5) is 0 Å². The molecule has 0 bridgehead atoms. The van der Waals surface area contributed by atoms with E-state index in [2.05, 4.69) is 4.98 Å². The second-order valence-electron chi connectivity index (χ2n) is 3.64. The average Bonchev–Trinajstić information content (AvgIpc) is 2.57. The fourth-order valence-electron chi connectivity index (χ4n) is 1.76. The summed E-state index contributed by atoms with van der Waals surface area (Å²) in [6, 6.07) is 7.71. The first-order valence-corrected chi connectivity index (χ1v) is 5.02. The summed E-state index contributed by atoms with van der Waals surface area (Å²) in [6.45, 7) is 0.0877. The molecule has 2 rings (SSSR count). The third-order valence-corrected chi connectivity index (χ3v) is 2.59. The fourth-order valence-corrected chi connectivity index (χ4v) is 1.76. The Kier molecular flexibility index (Phi) is 2.70. The number of benzene rings is 1. The number of aryl methyl sites for hydroxylation is 1. The third-order valence-electron chi connectivity index (χ3n) is 2.59.